The average molecular weight is 407 g/mol. The third kappa shape index (κ3) is 2.94. The molecule has 0 radical (unpaired) electrons. The molecular formula is C17H11FINO2. The lowest BCUT2D eigenvalue weighted by atomic mass is 10.1. The van der Waals surface area contributed by atoms with E-state index >= 15 is 0 Å². The number of halogens is 2. The fourth-order valence-electron chi connectivity index (χ4n) is 2.05. The zero-order valence-corrected chi connectivity index (χ0v) is 13.8. The van der Waals surface area contributed by atoms with Crippen LogP contribution in [0, 0.1) is 16.3 Å². The Labute approximate surface area is 140 Å². The predicted octanol–water partition coefficient (Wildman–Crippen LogP) is 4.08. The molecule has 0 spiro atoms. The van der Waals surface area contributed by atoms with Gasteiger partial charge in [-0.15, -0.1) is 0 Å². The fourth-order valence-corrected chi connectivity index (χ4v) is 2.39. The van der Waals surface area contributed by atoms with Gasteiger partial charge in [0.15, 0.2) is 5.70 Å². The molecule has 0 aliphatic carbocycles. The summed E-state index contributed by atoms with van der Waals surface area (Å²) >= 11 is 2.23. The normalized spacial score (nSPS) is 15.9. The van der Waals surface area contributed by atoms with E-state index in [2.05, 4.69) is 27.6 Å². The molecule has 0 atom stereocenters. The van der Waals surface area contributed by atoms with Gasteiger partial charge < -0.3 is 4.74 Å². The van der Waals surface area contributed by atoms with Crippen LogP contribution < -0.4 is 0 Å². The average Bonchev–Trinajstić information content (AvgIpc) is 2.85. The lowest BCUT2D eigenvalue weighted by molar-refractivity contribution is -0.129. The number of carbonyl (C=O) groups is 1. The van der Waals surface area contributed by atoms with E-state index in [9.17, 15) is 9.18 Å². The van der Waals surface area contributed by atoms with E-state index < -0.39 is 11.8 Å². The number of hydrogen-bond acceptors (Lipinski definition) is 3. The lowest BCUT2D eigenvalue weighted by Gasteiger charge is -2.02. The lowest BCUT2D eigenvalue weighted by Crippen LogP contribution is -2.05. The summed E-state index contributed by atoms with van der Waals surface area (Å²) in [5, 5.41) is 0. The minimum absolute atomic E-state index is 0.0938. The Hall–Kier alpha value is -2.02. The molecule has 0 bridgehead atoms. The maximum atomic E-state index is 13.6. The van der Waals surface area contributed by atoms with Crippen LogP contribution in [-0.2, 0) is 9.53 Å². The molecule has 1 aliphatic heterocycles. The summed E-state index contributed by atoms with van der Waals surface area (Å²) in [5.74, 6) is -0.738. The topological polar surface area (TPSA) is 38.7 Å². The van der Waals surface area contributed by atoms with Gasteiger partial charge in [0.2, 0.25) is 5.90 Å². The Balaban J connectivity index is 1.98. The summed E-state index contributed by atoms with van der Waals surface area (Å²) < 4.78 is 19.9. The van der Waals surface area contributed by atoms with Gasteiger partial charge in [-0.05, 0) is 65.4 Å². The van der Waals surface area contributed by atoms with E-state index in [0.717, 1.165) is 14.7 Å². The van der Waals surface area contributed by atoms with Crippen LogP contribution in [0.25, 0.3) is 6.08 Å². The smallest absolute Gasteiger partial charge is 0.363 e. The second-order valence-electron chi connectivity index (χ2n) is 4.82. The van der Waals surface area contributed by atoms with Crippen LogP contribution in [0.5, 0.6) is 0 Å². The number of ether oxygens (including phenoxy) is 1. The first kappa shape index (κ1) is 14.9. The molecule has 0 fully saturated rings. The minimum atomic E-state index is -0.575. The number of benzene rings is 2. The highest BCUT2D eigenvalue weighted by Crippen LogP contribution is 2.22. The van der Waals surface area contributed by atoms with E-state index in [1.54, 1.807) is 18.2 Å². The van der Waals surface area contributed by atoms with Crippen LogP contribution in [0.2, 0.25) is 0 Å². The van der Waals surface area contributed by atoms with Gasteiger partial charge in [-0.1, -0.05) is 18.2 Å². The van der Waals surface area contributed by atoms with Gasteiger partial charge in [-0.25, -0.2) is 14.2 Å². The van der Waals surface area contributed by atoms with Crippen molar-refractivity contribution in [3.63, 3.8) is 0 Å². The number of hydrogen-bond donors (Lipinski definition) is 0. The highest BCUT2D eigenvalue weighted by atomic mass is 127. The summed E-state index contributed by atoms with van der Waals surface area (Å²) in [5.41, 5.74) is 2.20. The molecule has 1 heterocycles. The van der Waals surface area contributed by atoms with Crippen molar-refractivity contribution in [1.29, 1.82) is 0 Å². The van der Waals surface area contributed by atoms with Crippen molar-refractivity contribution in [1.82, 2.24) is 0 Å². The van der Waals surface area contributed by atoms with Crippen LogP contribution in [0.1, 0.15) is 16.7 Å². The van der Waals surface area contributed by atoms with Gasteiger partial charge in [0, 0.05) is 14.7 Å². The number of aliphatic imine (C=N–C) groups is 1. The van der Waals surface area contributed by atoms with Gasteiger partial charge in [-0.2, -0.15) is 0 Å². The predicted molar refractivity (Wildman–Crippen MR) is 90.9 cm³/mol. The standard InChI is InChI=1S/C17H11FINO2/c1-10-8-12(6-7-14(10)19)16-20-15(17(21)22-16)9-11-4-2-3-5-13(11)18/h2-9H,1H3/b15-9-. The molecule has 3 nitrogen and oxygen atoms in total. The quantitative estimate of drug-likeness (QED) is 0.428. The number of aryl methyl sites for hydroxylation is 1. The molecule has 0 N–H and O–H groups in total. The highest BCUT2D eigenvalue weighted by molar-refractivity contribution is 14.1. The Kier molecular flexibility index (Phi) is 4.06. The van der Waals surface area contributed by atoms with Crippen molar-refractivity contribution in [2.24, 2.45) is 4.99 Å². The molecule has 0 unspecified atom stereocenters. The Bertz CT molecular complexity index is 827. The molecule has 2 aromatic carbocycles. The summed E-state index contributed by atoms with van der Waals surface area (Å²) in [6, 6.07) is 11.9. The van der Waals surface area contributed by atoms with Crippen LogP contribution in [0.3, 0.4) is 0 Å². The monoisotopic (exact) mass is 407 g/mol. The third-order valence-corrected chi connectivity index (χ3v) is 4.43. The van der Waals surface area contributed by atoms with Gasteiger partial charge in [0.25, 0.3) is 0 Å². The van der Waals surface area contributed by atoms with E-state index in [4.69, 9.17) is 4.74 Å². The Morgan fingerprint density at radius 1 is 1.23 bits per heavy atom. The van der Waals surface area contributed by atoms with Crippen LogP contribution in [0.4, 0.5) is 4.39 Å². The second kappa shape index (κ2) is 6.00. The molecule has 2 aromatic rings. The maximum absolute atomic E-state index is 13.6. The molecule has 110 valence electrons. The van der Waals surface area contributed by atoms with Crippen molar-refractivity contribution < 1.29 is 13.9 Å². The molecule has 22 heavy (non-hydrogen) atoms. The molecular weight excluding hydrogens is 396 g/mol. The van der Waals surface area contributed by atoms with Gasteiger partial charge in [-0.3, -0.25) is 0 Å². The largest absolute Gasteiger partial charge is 0.402 e. The number of cyclic esters (lactones) is 1. The molecule has 3 rings (SSSR count). The van der Waals surface area contributed by atoms with Crippen LogP contribution >= 0.6 is 22.6 Å². The van der Waals surface area contributed by atoms with Crippen molar-refractivity contribution in [3.8, 4) is 0 Å². The van der Waals surface area contributed by atoms with Gasteiger partial charge in [0.1, 0.15) is 5.82 Å². The summed E-state index contributed by atoms with van der Waals surface area (Å²) in [6.45, 7) is 1.97. The molecule has 0 saturated carbocycles. The van der Waals surface area contributed by atoms with Crippen molar-refractivity contribution in [3.05, 3.63) is 74.2 Å². The molecule has 5 heteroatoms. The van der Waals surface area contributed by atoms with E-state index in [-0.39, 0.29) is 11.6 Å². The Morgan fingerprint density at radius 3 is 2.73 bits per heavy atom. The summed E-state index contributed by atoms with van der Waals surface area (Å²) in [7, 11) is 0. The Morgan fingerprint density at radius 2 is 2.00 bits per heavy atom. The first-order chi connectivity index (χ1) is 10.5. The van der Waals surface area contributed by atoms with Crippen LogP contribution in [0.15, 0.2) is 53.2 Å². The molecule has 1 aliphatic rings. The summed E-state index contributed by atoms with van der Waals surface area (Å²) in [6.07, 6.45) is 1.39. The molecule has 0 amide bonds. The molecule has 0 saturated heterocycles. The first-order valence-electron chi connectivity index (χ1n) is 6.58. The van der Waals surface area contributed by atoms with Crippen molar-refractivity contribution in [2.45, 2.75) is 6.92 Å². The number of esters is 1. The number of rotatable bonds is 2. The van der Waals surface area contributed by atoms with E-state index in [0.29, 0.717) is 5.56 Å². The highest BCUT2D eigenvalue weighted by Gasteiger charge is 2.24. The molecule has 0 aromatic heterocycles. The zero-order chi connectivity index (χ0) is 15.7. The third-order valence-electron chi connectivity index (χ3n) is 3.22. The second-order valence-corrected chi connectivity index (χ2v) is 5.98. The van der Waals surface area contributed by atoms with Crippen molar-refractivity contribution in [2.75, 3.05) is 0 Å². The van der Waals surface area contributed by atoms with Crippen molar-refractivity contribution >= 4 is 40.5 Å². The first-order valence-corrected chi connectivity index (χ1v) is 7.66. The van der Waals surface area contributed by atoms with Crippen LogP contribution in [-0.4, -0.2) is 11.9 Å². The maximum Gasteiger partial charge on any atom is 0.363 e. The number of carbonyl (C=O) groups excluding carboxylic acids is 1. The van der Waals surface area contributed by atoms with E-state index in [1.807, 2.05) is 25.1 Å². The number of nitrogens with zero attached hydrogens (tertiary/aromatic N) is 1. The minimum Gasteiger partial charge on any atom is -0.402 e. The summed E-state index contributed by atoms with van der Waals surface area (Å²) in [4.78, 5) is 16.1. The van der Waals surface area contributed by atoms with Gasteiger partial charge >= 0.3 is 5.97 Å². The SMILES string of the molecule is Cc1cc(C2=N/C(=C\c3ccccc3F)C(=O)O2)ccc1I. The fraction of sp³-hybridized carbons (Fsp3) is 0.0588. The van der Waals surface area contributed by atoms with E-state index in [1.165, 1.54) is 12.1 Å². The zero-order valence-electron chi connectivity index (χ0n) is 11.6. The van der Waals surface area contributed by atoms with Gasteiger partial charge in [0.05, 0.1) is 0 Å².